The van der Waals surface area contributed by atoms with Crippen molar-refractivity contribution in [3.63, 3.8) is 0 Å². The Kier molecular flexibility index (Phi) is 4.47. The molecule has 21 heavy (non-hydrogen) atoms. The zero-order valence-electron chi connectivity index (χ0n) is 11.8. The van der Waals surface area contributed by atoms with Crippen molar-refractivity contribution in [1.29, 1.82) is 0 Å². The maximum absolute atomic E-state index is 13.1. The van der Waals surface area contributed by atoms with Crippen LogP contribution in [0.1, 0.15) is 18.1 Å². The van der Waals surface area contributed by atoms with Gasteiger partial charge in [-0.1, -0.05) is 12.1 Å². The molecule has 0 spiro atoms. The normalized spacial score (nSPS) is 12.0. The summed E-state index contributed by atoms with van der Waals surface area (Å²) < 4.78 is 13.1. The van der Waals surface area contributed by atoms with Crippen LogP contribution in [0.4, 0.5) is 15.9 Å². The molecule has 1 heterocycles. The Balaban J connectivity index is 2.04. The first-order chi connectivity index (χ1) is 9.95. The lowest BCUT2D eigenvalue weighted by atomic mass is 10.1. The second kappa shape index (κ2) is 6.30. The predicted molar refractivity (Wildman–Crippen MR) is 78.8 cm³/mol. The molecule has 0 aliphatic heterocycles. The van der Waals surface area contributed by atoms with Gasteiger partial charge < -0.3 is 5.32 Å². The van der Waals surface area contributed by atoms with Crippen LogP contribution in [0.5, 0.6) is 0 Å². The summed E-state index contributed by atoms with van der Waals surface area (Å²) in [6.45, 7) is 3.62. The summed E-state index contributed by atoms with van der Waals surface area (Å²) in [5.74, 6) is 0.311. The summed E-state index contributed by atoms with van der Waals surface area (Å²) >= 11 is 0. The lowest BCUT2D eigenvalue weighted by molar-refractivity contribution is -0.385. The molecular formula is C15H16FN3O2. The van der Waals surface area contributed by atoms with Gasteiger partial charge >= 0.3 is 0 Å². The number of hydrogen-bond donors (Lipinski definition) is 1. The average molecular weight is 289 g/mol. The first-order valence-electron chi connectivity index (χ1n) is 6.57. The van der Waals surface area contributed by atoms with Crippen LogP contribution in [-0.4, -0.2) is 15.9 Å². The van der Waals surface area contributed by atoms with E-state index < -0.39 is 4.92 Å². The maximum atomic E-state index is 13.1. The smallest absolute Gasteiger partial charge is 0.290 e. The van der Waals surface area contributed by atoms with Crippen LogP contribution in [-0.2, 0) is 6.42 Å². The van der Waals surface area contributed by atoms with Crippen molar-refractivity contribution in [3.8, 4) is 0 Å². The highest BCUT2D eigenvalue weighted by atomic mass is 19.1. The number of rotatable bonds is 5. The number of anilines is 1. The summed E-state index contributed by atoms with van der Waals surface area (Å²) in [7, 11) is 0. The van der Waals surface area contributed by atoms with Gasteiger partial charge in [-0.25, -0.2) is 9.37 Å². The Hall–Kier alpha value is -2.50. The summed E-state index contributed by atoms with van der Waals surface area (Å²) in [6.07, 6.45) is 1.88. The molecule has 1 unspecified atom stereocenters. The molecule has 0 saturated heterocycles. The van der Waals surface area contributed by atoms with Crippen molar-refractivity contribution < 1.29 is 9.31 Å². The summed E-state index contributed by atoms with van der Waals surface area (Å²) in [6, 6.07) is 8.09. The molecule has 110 valence electrons. The van der Waals surface area contributed by atoms with Gasteiger partial charge in [0.1, 0.15) is 17.8 Å². The highest BCUT2D eigenvalue weighted by Crippen LogP contribution is 2.19. The van der Waals surface area contributed by atoms with Crippen molar-refractivity contribution >= 4 is 11.5 Å². The van der Waals surface area contributed by atoms with E-state index >= 15 is 0 Å². The number of nitro groups is 1. The summed E-state index contributed by atoms with van der Waals surface area (Å²) in [5, 5.41) is 13.9. The fraction of sp³-hybridized carbons (Fsp3) is 0.267. The molecule has 0 bridgehead atoms. The van der Waals surface area contributed by atoms with Gasteiger partial charge in [0, 0.05) is 11.6 Å². The van der Waals surface area contributed by atoms with Crippen LogP contribution in [0, 0.1) is 22.9 Å². The number of pyridine rings is 1. The maximum Gasteiger partial charge on any atom is 0.290 e. The molecule has 2 aromatic rings. The van der Waals surface area contributed by atoms with Crippen molar-refractivity contribution in [2.24, 2.45) is 0 Å². The number of nitrogens with zero attached hydrogens (tertiary/aromatic N) is 2. The van der Waals surface area contributed by atoms with E-state index in [1.54, 1.807) is 19.1 Å². The van der Waals surface area contributed by atoms with Gasteiger partial charge in [-0.3, -0.25) is 10.1 Å². The van der Waals surface area contributed by atoms with E-state index in [4.69, 9.17) is 0 Å². The Morgan fingerprint density at radius 1 is 1.43 bits per heavy atom. The van der Waals surface area contributed by atoms with Crippen LogP contribution in [0.2, 0.25) is 0 Å². The molecule has 0 aliphatic carbocycles. The molecule has 5 nitrogen and oxygen atoms in total. The molecule has 0 radical (unpaired) electrons. The zero-order chi connectivity index (χ0) is 15.4. The van der Waals surface area contributed by atoms with Crippen LogP contribution in [0.15, 0.2) is 36.5 Å². The minimum atomic E-state index is -0.456. The predicted octanol–water partition coefficient (Wildman–Crippen LogP) is 3.48. The molecule has 0 saturated carbocycles. The van der Waals surface area contributed by atoms with Crippen molar-refractivity contribution in [1.82, 2.24) is 4.98 Å². The lowest BCUT2D eigenvalue weighted by Crippen LogP contribution is -2.19. The molecule has 1 aromatic carbocycles. The Morgan fingerprint density at radius 3 is 2.81 bits per heavy atom. The van der Waals surface area contributed by atoms with Crippen molar-refractivity contribution in [2.75, 3.05) is 5.32 Å². The highest BCUT2D eigenvalue weighted by Gasteiger charge is 2.12. The third-order valence-corrected chi connectivity index (χ3v) is 3.11. The van der Waals surface area contributed by atoms with Gasteiger partial charge in [0.05, 0.1) is 4.92 Å². The van der Waals surface area contributed by atoms with E-state index in [-0.39, 0.29) is 17.5 Å². The first-order valence-corrected chi connectivity index (χ1v) is 6.57. The van der Waals surface area contributed by atoms with Gasteiger partial charge in [0.25, 0.3) is 5.69 Å². The SMILES string of the molecule is Cc1cc(NC(C)Cc2cccc(F)c2)ncc1[N+](=O)[O-]. The number of aromatic nitrogens is 1. The Bertz CT molecular complexity index is 661. The highest BCUT2D eigenvalue weighted by molar-refractivity contribution is 5.47. The summed E-state index contributed by atoms with van der Waals surface area (Å²) in [4.78, 5) is 14.3. The summed E-state index contributed by atoms with van der Waals surface area (Å²) in [5.41, 5.74) is 1.43. The van der Waals surface area contributed by atoms with E-state index in [9.17, 15) is 14.5 Å². The van der Waals surface area contributed by atoms with E-state index in [1.165, 1.54) is 18.3 Å². The van der Waals surface area contributed by atoms with Crippen LogP contribution in [0.3, 0.4) is 0 Å². The molecule has 0 amide bonds. The van der Waals surface area contributed by atoms with Gasteiger partial charge in [0.15, 0.2) is 0 Å². The van der Waals surface area contributed by atoms with Crippen LogP contribution >= 0.6 is 0 Å². The Labute approximate surface area is 122 Å². The van der Waals surface area contributed by atoms with Gasteiger partial charge in [-0.15, -0.1) is 0 Å². The zero-order valence-corrected chi connectivity index (χ0v) is 11.8. The molecule has 0 aliphatic rings. The third kappa shape index (κ3) is 3.98. The van der Waals surface area contributed by atoms with Crippen LogP contribution < -0.4 is 5.32 Å². The number of hydrogen-bond acceptors (Lipinski definition) is 4. The number of benzene rings is 1. The van der Waals surface area contributed by atoms with E-state index in [1.807, 2.05) is 13.0 Å². The fourth-order valence-corrected chi connectivity index (χ4v) is 2.14. The standard InChI is InChI=1S/C15H16FN3O2/c1-10-6-15(17-9-14(10)19(20)21)18-11(2)7-12-4-3-5-13(16)8-12/h3-6,8-9,11H,7H2,1-2H3,(H,17,18). The first kappa shape index (κ1) is 14.9. The van der Waals surface area contributed by atoms with Gasteiger partial charge in [0.2, 0.25) is 0 Å². The second-order valence-electron chi connectivity index (χ2n) is 4.99. The minimum absolute atomic E-state index is 0.00154. The molecular weight excluding hydrogens is 273 g/mol. The number of halogens is 1. The lowest BCUT2D eigenvalue weighted by Gasteiger charge is -2.15. The molecule has 6 heteroatoms. The van der Waals surface area contributed by atoms with Gasteiger partial charge in [-0.05, 0) is 44.0 Å². The molecule has 1 N–H and O–H groups in total. The van der Waals surface area contributed by atoms with E-state index in [2.05, 4.69) is 10.3 Å². The molecule has 1 aromatic heterocycles. The topological polar surface area (TPSA) is 68.1 Å². The molecule has 2 rings (SSSR count). The minimum Gasteiger partial charge on any atom is -0.367 e. The average Bonchev–Trinajstić information content (AvgIpc) is 2.38. The second-order valence-corrected chi connectivity index (χ2v) is 4.99. The Morgan fingerprint density at radius 2 is 2.19 bits per heavy atom. The van der Waals surface area contributed by atoms with Crippen molar-refractivity contribution in [3.05, 3.63) is 63.6 Å². The monoisotopic (exact) mass is 289 g/mol. The number of nitrogens with one attached hydrogen (secondary N) is 1. The van der Waals surface area contributed by atoms with Gasteiger partial charge in [-0.2, -0.15) is 0 Å². The molecule has 1 atom stereocenters. The fourth-order valence-electron chi connectivity index (χ4n) is 2.14. The quantitative estimate of drug-likeness (QED) is 0.676. The third-order valence-electron chi connectivity index (χ3n) is 3.11. The largest absolute Gasteiger partial charge is 0.367 e. The van der Waals surface area contributed by atoms with Crippen LogP contribution in [0.25, 0.3) is 0 Å². The van der Waals surface area contributed by atoms with E-state index in [0.717, 1.165) is 5.56 Å². The van der Waals surface area contributed by atoms with Crippen molar-refractivity contribution in [2.45, 2.75) is 26.3 Å². The van der Waals surface area contributed by atoms with E-state index in [0.29, 0.717) is 17.8 Å². The number of aryl methyl sites for hydroxylation is 1. The molecule has 0 fully saturated rings.